The SMILES string of the molecule is CCC(Oc1ccc(N=CN(C)C(C)C)c(C)n1)c1ccccc1. The Morgan fingerprint density at radius 2 is 1.88 bits per heavy atom. The maximum atomic E-state index is 6.08. The molecule has 128 valence electrons. The lowest BCUT2D eigenvalue weighted by molar-refractivity contribution is 0.192. The molecule has 0 aliphatic carbocycles. The summed E-state index contributed by atoms with van der Waals surface area (Å²) in [4.78, 5) is 11.1. The number of benzene rings is 1. The number of hydrogen-bond acceptors (Lipinski definition) is 3. The van der Waals surface area contributed by atoms with Crippen molar-refractivity contribution < 1.29 is 4.74 Å². The van der Waals surface area contributed by atoms with E-state index in [1.165, 1.54) is 5.56 Å². The topological polar surface area (TPSA) is 37.7 Å². The van der Waals surface area contributed by atoms with E-state index >= 15 is 0 Å². The van der Waals surface area contributed by atoms with Crippen LogP contribution in [0.1, 0.15) is 44.6 Å². The fourth-order valence-corrected chi connectivity index (χ4v) is 2.22. The third-order valence-corrected chi connectivity index (χ3v) is 4.03. The molecule has 1 aromatic heterocycles. The first kappa shape index (κ1) is 18.0. The van der Waals surface area contributed by atoms with Crippen molar-refractivity contribution in [1.82, 2.24) is 9.88 Å². The first-order chi connectivity index (χ1) is 11.5. The Kier molecular flexibility index (Phi) is 6.36. The van der Waals surface area contributed by atoms with Gasteiger partial charge in [0, 0.05) is 19.2 Å². The van der Waals surface area contributed by atoms with Gasteiger partial charge in [-0.3, -0.25) is 0 Å². The summed E-state index contributed by atoms with van der Waals surface area (Å²) in [5.41, 5.74) is 2.89. The number of hydrogen-bond donors (Lipinski definition) is 0. The summed E-state index contributed by atoms with van der Waals surface area (Å²) < 4.78 is 6.08. The predicted molar refractivity (Wildman–Crippen MR) is 100 cm³/mol. The van der Waals surface area contributed by atoms with E-state index in [-0.39, 0.29) is 6.10 Å². The van der Waals surface area contributed by atoms with E-state index in [1.807, 2.05) is 50.6 Å². The van der Waals surface area contributed by atoms with Crippen molar-refractivity contribution in [2.45, 2.75) is 46.3 Å². The lowest BCUT2D eigenvalue weighted by Gasteiger charge is -2.18. The quantitative estimate of drug-likeness (QED) is 0.535. The lowest BCUT2D eigenvalue weighted by atomic mass is 10.1. The van der Waals surface area contributed by atoms with Crippen LogP contribution >= 0.6 is 0 Å². The molecule has 1 atom stereocenters. The minimum absolute atomic E-state index is 0.0134. The van der Waals surface area contributed by atoms with Crippen molar-refractivity contribution >= 4 is 12.0 Å². The maximum absolute atomic E-state index is 6.08. The zero-order valence-corrected chi connectivity index (χ0v) is 15.2. The van der Waals surface area contributed by atoms with E-state index in [9.17, 15) is 0 Å². The van der Waals surface area contributed by atoms with Gasteiger partial charge in [0.2, 0.25) is 5.88 Å². The zero-order chi connectivity index (χ0) is 17.5. The van der Waals surface area contributed by atoms with Crippen LogP contribution in [0.2, 0.25) is 0 Å². The number of pyridine rings is 1. The highest BCUT2D eigenvalue weighted by Gasteiger charge is 2.12. The van der Waals surface area contributed by atoms with Crippen LogP contribution in [0.15, 0.2) is 47.5 Å². The minimum atomic E-state index is 0.0134. The molecule has 2 aromatic rings. The number of ether oxygens (including phenoxy) is 1. The average molecular weight is 325 g/mol. The molecule has 0 N–H and O–H groups in total. The smallest absolute Gasteiger partial charge is 0.214 e. The summed E-state index contributed by atoms with van der Waals surface area (Å²) in [5, 5.41) is 0. The van der Waals surface area contributed by atoms with Gasteiger partial charge >= 0.3 is 0 Å². The second-order valence-corrected chi connectivity index (χ2v) is 6.18. The fraction of sp³-hybridized carbons (Fsp3) is 0.400. The summed E-state index contributed by atoms with van der Waals surface area (Å²) in [6.07, 6.45) is 2.75. The third kappa shape index (κ3) is 4.82. The van der Waals surface area contributed by atoms with Crippen LogP contribution in [0.25, 0.3) is 0 Å². The number of aromatic nitrogens is 1. The zero-order valence-electron chi connectivity index (χ0n) is 15.2. The van der Waals surface area contributed by atoms with Crippen molar-refractivity contribution in [3.63, 3.8) is 0 Å². The van der Waals surface area contributed by atoms with Crippen LogP contribution in [0.4, 0.5) is 5.69 Å². The molecule has 0 amide bonds. The monoisotopic (exact) mass is 325 g/mol. The van der Waals surface area contributed by atoms with Crippen LogP contribution in [0.5, 0.6) is 5.88 Å². The molecule has 2 rings (SSSR count). The summed E-state index contributed by atoms with van der Waals surface area (Å²) in [5.74, 6) is 0.638. The number of nitrogens with zero attached hydrogens (tertiary/aromatic N) is 3. The third-order valence-electron chi connectivity index (χ3n) is 4.03. The van der Waals surface area contributed by atoms with Crippen LogP contribution in [0, 0.1) is 6.92 Å². The molecule has 1 heterocycles. The highest BCUT2D eigenvalue weighted by atomic mass is 16.5. The number of rotatable bonds is 7. The van der Waals surface area contributed by atoms with E-state index in [4.69, 9.17) is 4.74 Å². The molecule has 1 unspecified atom stereocenters. The largest absolute Gasteiger partial charge is 0.469 e. The van der Waals surface area contributed by atoms with E-state index in [1.54, 1.807) is 0 Å². The van der Waals surface area contributed by atoms with Gasteiger partial charge < -0.3 is 9.64 Å². The molecule has 24 heavy (non-hydrogen) atoms. The molecule has 0 aliphatic heterocycles. The van der Waals surface area contributed by atoms with Gasteiger partial charge in [0.15, 0.2) is 0 Å². The minimum Gasteiger partial charge on any atom is -0.469 e. The standard InChI is InChI=1S/C20H27N3O/c1-6-19(17-10-8-7-9-11-17)24-20-13-12-18(16(4)22-20)21-14-23(5)15(2)3/h7-15,19H,6H2,1-5H3. The van der Waals surface area contributed by atoms with Crippen molar-refractivity contribution in [3.05, 3.63) is 53.7 Å². The van der Waals surface area contributed by atoms with Crippen LogP contribution < -0.4 is 4.74 Å². The normalized spacial score (nSPS) is 12.6. The van der Waals surface area contributed by atoms with Gasteiger partial charge in [0.1, 0.15) is 6.10 Å². The van der Waals surface area contributed by atoms with E-state index in [0.29, 0.717) is 11.9 Å². The fourth-order valence-electron chi connectivity index (χ4n) is 2.22. The molecule has 0 saturated heterocycles. The Bertz CT molecular complexity index is 668. The first-order valence-corrected chi connectivity index (χ1v) is 8.46. The molecular weight excluding hydrogens is 298 g/mol. The average Bonchev–Trinajstić information content (AvgIpc) is 2.59. The summed E-state index contributed by atoms with van der Waals surface area (Å²) in [6, 6.07) is 14.5. The lowest BCUT2D eigenvalue weighted by Crippen LogP contribution is -2.24. The van der Waals surface area contributed by atoms with E-state index < -0.39 is 0 Å². The van der Waals surface area contributed by atoms with Gasteiger partial charge in [-0.2, -0.15) is 0 Å². The van der Waals surface area contributed by atoms with Crippen molar-refractivity contribution in [2.75, 3.05) is 7.05 Å². The van der Waals surface area contributed by atoms with Crippen LogP contribution in [-0.2, 0) is 0 Å². The summed E-state index contributed by atoms with van der Waals surface area (Å²) >= 11 is 0. The molecule has 0 fully saturated rings. The second kappa shape index (κ2) is 8.48. The highest BCUT2D eigenvalue weighted by Crippen LogP contribution is 2.26. The van der Waals surface area contributed by atoms with Crippen molar-refractivity contribution in [2.24, 2.45) is 4.99 Å². The van der Waals surface area contributed by atoms with Crippen molar-refractivity contribution in [3.8, 4) is 5.88 Å². The maximum Gasteiger partial charge on any atom is 0.214 e. The molecule has 4 heteroatoms. The van der Waals surface area contributed by atoms with Crippen LogP contribution in [0.3, 0.4) is 0 Å². The van der Waals surface area contributed by atoms with Gasteiger partial charge in [-0.25, -0.2) is 9.98 Å². The molecule has 0 spiro atoms. The second-order valence-electron chi connectivity index (χ2n) is 6.18. The number of aryl methyl sites for hydroxylation is 1. The molecule has 1 aromatic carbocycles. The highest BCUT2D eigenvalue weighted by molar-refractivity contribution is 5.62. The summed E-state index contributed by atoms with van der Waals surface area (Å²) in [7, 11) is 2.01. The van der Waals surface area contributed by atoms with Gasteiger partial charge in [-0.1, -0.05) is 37.3 Å². The Hall–Kier alpha value is -2.36. The van der Waals surface area contributed by atoms with E-state index in [0.717, 1.165) is 17.8 Å². The molecule has 0 aliphatic rings. The molecule has 0 saturated carbocycles. The summed E-state index contributed by atoms with van der Waals surface area (Å²) in [6.45, 7) is 8.33. The Labute approximate surface area is 145 Å². The van der Waals surface area contributed by atoms with Gasteiger partial charge in [-0.05, 0) is 38.8 Å². The van der Waals surface area contributed by atoms with Crippen molar-refractivity contribution in [1.29, 1.82) is 0 Å². The number of aliphatic imine (C=N–C) groups is 1. The first-order valence-electron chi connectivity index (χ1n) is 8.46. The Morgan fingerprint density at radius 1 is 1.17 bits per heavy atom. The molecule has 4 nitrogen and oxygen atoms in total. The van der Waals surface area contributed by atoms with Gasteiger partial charge in [0.05, 0.1) is 17.7 Å². The van der Waals surface area contributed by atoms with Gasteiger partial charge in [-0.15, -0.1) is 0 Å². The van der Waals surface area contributed by atoms with Crippen LogP contribution in [-0.4, -0.2) is 29.3 Å². The Morgan fingerprint density at radius 3 is 2.46 bits per heavy atom. The predicted octanol–water partition coefficient (Wildman–Crippen LogP) is 4.92. The van der Waals surface area contributed by atoms with Gasteiger partial charge in [0.25, 0.3) is 0 Å². The molecule has 0 bridgehead atoms. The van der Waals surface area contributed by atoms with E-state index in [2.05, 4.69) is 47.8 Å². The molecular formula is C20H27N3O. The Balaban J connectivity index is 2.11. The molecule has 0 radical (unpaired) electrons.